The third-order valence-electron chi connectivity index (χ3n) is 2.16. The molecule has 0 amide bonds. The third-order valence-corrected chi connectivity index (χ3v) is 2.16. The molecule has 0 aliphatic carbocycles. The van der Waals surface area contributed by atoms with Crippen molar-refractivity contribution in [1.82, 2.24) is 0 Å². The number of carboxylic acid groups (broad SMARTS) is 1. The summed E-state index contributed by atoms with van der Waals surface area (Å²) in [5.41, 5.74) is 0. The zero-order valence-corrected chi connectivity index (χ0v) is 8.58. The largest absolute Gasteiger partial charge is 0.481 e. The van der Waals surface area contributed by atoms with Crippen molar-refractivity contribution in [2.75, 3.05) is 13.7 Å². The highest BCUT2D eigenvalue weighted by atomic mass is 16.5. The maximum Gasteiger partial charge on any atom is 0.306 e. The molecule has 1 atom stereocenters. The van der Waals surface area contributed by atoms with Crippen LogP contribution in [0.1, 0.15) is 39.0 Å². The van der Waals surface area contributed by atoms with E-state index in [1.165, 1.54) is 0 Å². The summed E-state index contributed by atoms with van der Waals surface area (Å²) in [4.78, 5) is 10.4. The topological polar surface area (TPSA) is 46.5 Å². The number of carboxylic acids is 1. The Balaban J connectivity index is 3.11. The lowest BCUT2D eigenvalue weighted by Crippen LogP contribution is -2.08. The molecule has 13 heavy (non-hydrogen) atoms. The molecule has 1 unspecified atom stereocenters. The van der Waals surface area contributed by atoms with E-state index in [2.05, 4.69) is 0 Å². The Morgan fingerprint density at radius 1 is 1.31 bits per heavy atom. The minimum atomic E-state index is -0.683. The number of aliphatic carboxylic acids is 1. The SMILES string of the molecule is COCCCCCCC(C)C(=O)O. The number of carbonyl (C=O) groups is 1. The van der Waals surface area contributed by atoms with Crippen molar-refractivity contribution in [1.29, 1.82) is 0 Å². The Morgan fingerprint density at radius 3 is 2.46 bits per heavy atom. The molecular weight excluding hydrogens is 168 g/mol. The summed E-state index contributed by atoms with van der Waals surface area (Å²) in [7, 11) is 1.70. The smallest absolute Gasteiger partial charge is 0.306 e. The maximum atomic E-state index is 10.4. The molecule has 78 valence electrons. The second-order valence-electron chi connectivity index (χ2n) is 3.43. The van der Waals surface area contributed by atoms with Crippen molar-refractivity contribution < 1.29 is 14.6 Å². The van der Waals surface area contributed by atoms with E-state index in [1.807, 2.05) is 0 Å². The van der Waals surface area contributed by atoms with E-state index in [0.29, 0.717) is 0 Å². The van der Waals surface area contributed by atoms with Crippen LogP contribution < -0.4 is 0 Å². The van der Waals surface area contributed by atoms with Gasteiger partial charge in [0.1, 0.15) is 0 Å². The van der Waals surface area contributed by atoms with Crippen LogP contribution in [-0.4, -0.2) is 24.8 Å². The molecule has 0 fully saturated rings. The number of methoxy groups -OCH3 is 1. The molecule has 0 spiro atoms. The highest BCUT2D eigenvalue weighted by molar-refractivity contribution is 5.69. The second-order valence-corrected chi connectivity index (χ2v) is 3.43. The molecule has 0 aliphatic heterocycles. The van der Waals surface area contributed by atoms with Gasteiger partial charge in [-0.25, -0.2) is 0 Å². The summed E-state index contributed by atoms with van der Waals surface area (Å²) in [5.74, 6) is -0.876. The molecule has 0 aromatic rings. The third kappa shape index (κ3) is 7.78. The molecule has 0 bridgehead atoms. The molecule has 0 rings (SSSR count). The van der Waals surface area contributed by atoms with Crippen molar-refractivity contribution in [2.24, 2.45) is 5.92 Å². The Morgan fingerprint density at radius 2 is 1.92 bits per heavy atom. The summed E-state index contributed by atoms with van der Waals surface area (Å²) in [6, 6.07) is 0. The first-order valence-electron chi connectivity index (χ1n) is 4.90. The normalized spacial score (nSPS) is 12.8. The van der Waals surface area contributed by atoms with Crippen LogP contribution >= 0.6 is 0 Å². The van der Waals surface area contributed by atoms with Gasteiger partial charge in [0.05, 0.1) is 5.92 Å². The summed E-state index contributed by atoms with van der Waals surface area (Å²) in [6.07, 6.45) is 5.14. The highest BCUT2D eigenvalue weighted by Crippen LogP contribution is 2.10. The average molecular weight is 188 g/mol. The van der Waals surface area contributed by atoms with Gasteiger partial charge in [-0.15, -0.1) is 0 Å². The fourth-order valence-electron chi connectivity index (χ4n) is 1.17. The highest BCUT2D eigenvalue weighted by Gasteiger charge is 2.09. The first kappa shape index (κ1) is 12.4. The van der Waals surface area contributed by atoms with Crippen molar-refractivity contribution in [3.63, 3.8) is 0 Å². The second kappa shape index (κ2) is 8.05. The molecule has 0 aromatic heterocycles. The van der Waals surface area contributed by atoms with Gasteiger partial charge in [0.15, 0.2) is 0 Å². The van der Waals surface area contributed by atoms with E-state index >= 15 is 0 Å². The molecule has 3 nitrogen and oxygen atoms in total. The standard InChI is InChI=1S/C10H20O3/c1-9(10(11)12)7-5-3-4-6-8-13-2/h9H,3-8H2,1-2H3,(H,11,12). The van der Waals surface area contributed by atoms with Gasteiger partial charge in [-0.3, -0.25) is 4.79 Å². The van der Waals surface area contributed by atoms with Crippen molar-refractivity contribution in [3.05, 3.63) is 0 Å². The molecule has 3 heteroatoms. The monoisotopic (exact) mass is 188 g/mol. The minimum Gasteiger partial charge on any atom is -0.481 e. The minimum absolute atomic E-state index is 0.192. The summed E-state index contributed by atoms with van der Waals surface area (Å²) in [6.45, 7) is 2.58. The maximum absolute atomic E-state index is 10.4. The van der Waals surface area contributed by atoms with Gasteiger partial charge < -0.3 is 9.84 Å². The quantitative estimate of drug-likeness (QED) is 0.594. The van der Waals surface area contributed by atoms with Gasteiger partial charge in [-0.2, -0.15) is 0 Å². The zero-order chi connectivity index (χ0) is 10.1. The van der Waals surface area contributed by atoms with Crippen LogP contribution in [0.25, 0.3) is 0 Å². The Bertz CT molecular complexity index is 134. The van der Waals surface area contributed by atoms with E-state index < -0.39 is 5.97 Å². The van der Waals surface area contributed by atoms with E-state index in [-0.39, 0.29) is 5.92 Å². The van der Waals surface area contributed by atoms with Crippen molar-refractivity contribution in [3.8, 4) is 0 Å². The Hall–Kier alpha value is -0.570. The molecule has 1 N–H and O–H groups in total. The van der Waals surface area contributed by atoms with Crippen molar-refractivity contribution in [2.45, 2.75) is 39.0 Å². The molecule has 0 saturated heterocycles. The van der Waals surface area contributed by atoms with Gasteiger partial charge >= 0.3 is 5.97 Å². The van der Waals surface area contributed by atoms with Crippen molar-refractivity contribution >= 4 is 5.97 Å². The van der Waals surface area contributed by atoms with E-state index in [9.17, 15) is 4.79 Å². The Kier molecular flexibility index (Phi) is 7.69. The average Bonchev–Trinajstić information content (AvgIpc) is 2.10. The summed E-state index contributed by atoms with van der Waals surface area (Å²) in [5, 5.41) is 8.60. The fraction of sp³-hybridized carbons (Fsp3) is 0.900. The van der Waals surface area contributed by atoms with Crippen LogP contribution in [-0.2, 0) is 9.53 Å². The Labute approximate surface area is 80.1 Å². The number of rotatable bonds is 8. The molecule has 0 aliphatic rings. The van der Waals surface area contributed by atoms with Crippen LogP contribution in [0, 0.1) is 5.92 Å². The lowest BCUT2D eigenvalue weighted by molar-refractivity contribution is -0.141. The van der Waals surface area contributed by atoms with Crippen LogP contribution in [0.4, 0.5) is 0 Å². The number of unbranched alkanes of at least 4 members (excludes halogenated alkanes) is 3. The van der Waals surface area contributed by atoms with Crippen LogP contribution in [0.2, 0.25) is 0 Å². The van der Waals surface area contributed by atoms with Gasteiger partial charge in [0, 0.05) is 13.7 Å². The van der Waals surface area contributed by atoms with E-state index in [0.717, 1.165) is 38.7 Å². The number of hydrogen-bond acceptors (Lipinski definition) is 2. The lowest BCUT2D eigenvalue weighted by atomic mass is 10.0. The summed E-state index contributed by atoms with van der Waals surface area (Å²) >= 11 is 0. The van der Waals surface area contributed by atoms with Gasteiger partial charge in [-0.1, -0.05) is 26.2 Å². The zero-order valence-electron chi connectivity index (χ0n) is 8.58. The molecule has 0 radical (unpaired) electrons. The fourth-order valence-corrected chi connectivity index (χ4v) is 1.17. The van der Waals surface area contributed by atoms with Gasteiger partial charge in [-0.05, 0) is 12.8 Å². The van der Waals surface area contributed by atoms with Crippen LogP contribution in [0.15, 0.2) is 0 Å². The van der Waals surface area contributed by atoms with Gasteiger partial charge in [0.25, 0.3) is 0 Å². The first-order chi connectivity index (χ1) is 6.18. The number of ether oxygens (including phenoxy) is 1. The lowest BCUT2D eigenvalue weighted by Gasteiger charge is -2.05. The molecule has 0 heterocycles. The molecule has 0 aromatic carbocycles. The summed E-state index contributed by atoms with van der Waals surface area (Å²) < 4.78 is 4.91. The van der Waals surface area contributed by atoms with Gasteiger partial charge in [0.2, 0.25) is 0 Å². The van der Waals surface area contributed by atoms with E-state index in [1.54, 1.807) is 14.0 Å². The predicted molar refractivity (Wildman–Crippen MR) is 51.8 cm³/mol. The number of hydrogen-bond donors (Lipinski definition) is 1. The molecule has 0 saturated carbocycles. The van der Waals surface area contributed by atoms with Crippen LogP contribution in [0.3, 0.4) is 0 Å². The first-order valence-corrected chi connectivity index (χ1v) is 4.90. The van der Waals surface area contributed by atoms with E-state index in [4.69, 9.17) is 9.84 Å². The predicted octanol–water partition coefficient (Wildman–Crippen LogP) is 2.30. The molecular formula is C10H20O3. The van der Waals surface area contributed by atoms with Crippen LogP contribution in [0.5, 0.6) is 0 Å².